The summed E-state index contributed by atoms with van der Waals surface area (Å²) in [4.78, 5) is 15.1. The lowest BCUT2D eigenvalue weighted by Crippen LogP contribution is -2.31. The zero-order valence-electron chi connectivity index (χ0n) is 18.2. The summed E-state index contributed by atoms with van der Waals surface area (Å²) < 4.78 is 26.8. The van der Waals surface area contributed by atoms with Crippen molar-refractivity contribution in [3.8, 4) is 0 Å². The normalized spacial score (nSPS) is 15.8. The highest BCUT2D eigenvalue weighted by molar-refractivity contribution is 7.91. The number of hydrogen-bond acceptors (Lipinski definition) is 5. The van der Waals surface area contributed by atoms with Crippen LogP contribution in [-0.2, 0) is 27.6 Å². The number of amides is 1. The standard InChI is InChI=1S/C23H27ClN4O3S/c1-27-9-7-16(8-10-27)14-28-15-19-21(26-28)12-18(13-22(19)32(2,30)31)25-23(29)11-17-5-3-4-6-20(17)24/h3-6,12-13,15-16H,7-11,14H2,1-2H3,(H,25,29). The molecule has 170 valence electrons. The molecule has 1 saturated heterocycles. The Morgan fingerprint density at radius 1 is 1.22 bits per heavy atom. The van der Waals surface area contributed by atoms with E-state index in [0.717, 1.165) is 32.5 Å². The SMILES string of the molecule is CN1CCC(Cn2cc3c(S(C)(=O)=O)cc(NC(=O)Cc4ccccc4Cl)cc3n2)CC1. The molecule has 2 aromatic carbocycles. The minimum absolute atomic E-state index is 0.0937. The van der Waals surface area contributed by atoms with Gasteiger partial charge in [0.15, 0.2) is 9.84 Å². The van der Waals surface area contributed by atoms with E-state index in [-0.39, 0.29) is 17.2 Å². The molecule has 2 heterocycles. The first-order valence-electron chi connectivity index (χ1n) is 10.6. The van der Waals surface area contributed by atoms with Gasteiger partial charge in [-0.3, -0.25) is 9.48 Å². The van der Waals surface area contributed by atoms with Crippen molar-refractivity contribution in [1.82, 2.24) is 14.7 Å². The van der Waals surface area contributed by atoms with Crippen LogP contribution in [0.25, 0.3) is 10.9 Å². The molecule has 0 bridgehead atoms. The van der Waals surface area contributed by atoms with Crippen LogP contribution in [-0.4, -0.2) is 55.4 Å². The Hall–Kier alpha value is -2.42. The van der Waals surface area contributed by atoms with Gasteiger partial charge >= 0.3 is 0 Å². The average Bonchev–Trinajstić information content (AvgIpc) is 3.12. The van der Waals surface area contributed by atoms with E-state index >= 15 is 0 Å². The molecule has 1 aliphatic rings. The summed E-state index contributed by atoms with van der Waals surface area (Å²) in [6, 6.07) is 10.4. The zero-order valence-corrected chi connectivity index (χ0v) is 19.8. The molecule has 0 atom stereocenters. The molecule has 0 spiro atoms. The van der Waals surface area contributed by atoms with E-state index < -0.39 is 9.84 Å². The number of hydrogen-bond donors (Lipinski definition) is 1. The van der Waals surface area contributed by atoms with Crippen LogP contribution >= 0.6 is 11.6 Å². The molecule has 3 aromatic rings. The molecular weight excluding hydrogens is 448 g/mol. The van der Waals surface area contributed by atoms with Crippen molar-refractivity contribution in [3.63, 3.8) is 0 Å². The third-order valence-electron chi connectivity index (χ3n) is 5.91. The van der Waals surface area contributed by atoms with Gasteiger partial charge in [-0.2, -0.15) is 5.10 Å². The fourth-order valence-corrected chi connectivity index (χ4v) is 5.24. The largest absolute Gasteiger partial charge is 0.326 e. The lowest BCUT2D eigenvalue weighted by atomic mass is 9.97. The molecule has 1 amide bonds. The number of piperidine rings is 1. The second kappa shape index (κ2) is 9.21. The van der Waals surface area contributed by atoms with Crippen LogP contribution in [0.3, 0.4) is 0 Å². The summed E-state index contributed by atoms with van der Waals surface area (Å²) in [5.41, 5.74) is 1.66. The lowest BCUT2D eigenvalue weighted by molar-refractivity contribution is -0.115. The maximum atomic E-state index is 12.6. The average molecular weight is 475 g/mol. The number of halogens is 1. The predicted molar refractivity (Wildman–Crippen MR) is 127 cm³/mol. The summed E-state index contributed by atoms with van der Waals surface area (Å²) in [5, 5.41) is 8.52. The molecule has 32 heavy (non-hydrogen) atoms. The monoisotopic (exact) mass is 474 g/mol. The third-order valence-corrected chi connectivity index (χ3v) is 7.42. The molecule has 1 aliphatic heterocycles. The molecular formula is C23H27ClN4O3S. The van der Waals surface area contributed by atoms with Crippen molar-refractivity contribution in [3.05, 3.63) is 53.2 Å². The number of nitrogens with one attached hydrogen (secondary N) is 1. The number of anilines is 1. The Bertz CT molecular complexity index is 1250. The van der Waals surface area contributed by atoms with Crippen molar-refractivity contribution in [2.45, 2.75) is 30.7 Å². The van der Waals surface area contributed by atoms with Crippen molar-refractivity contribution >= 4 is 43.9 Å². The lowest BCUT2D eigenvalue weighted by Gasteiger charge is -2.28. The second-order valence-corrected chi connectivity index (χ2v) is 11.0. The topological polar surface area (TPSA) is 84.3 Å². The van der Waals surface area contributed by atoms with E-state index in [9.17, 15) is 13.2 Å². The molecule has 9 heteroatoms. The van der Waals surface area contributed by atoms with Gasteiger partial charge in [-0.15, -0.1) is 0 Å². The van der Waals surface area contributed by atoms with Crippen molar-refractivity contribution < 1.29 is 13.2 Å². The number of carbonyl (C=O) groups is 1. The van der Waals surface area contributed by atoms with Crippen LogP contribution in [0.1, 0.15) is 18.4 Å². The molecule has 7 nitrogen and oxygen atoms in total. The number of sulfone groups is 1. The zero-order chi connectivity index (χ0) is 22.9. The molecule has 1 fully saturated rings. The molecule has 0 saturated carbocycles. The highest BCUT2D eigenvalue weighted by Gasteiger charge is 2.21. The summed E-state index contributed by atoms with van der Waals surface area (Å²) in [7, 11) is -1.39. The van der Waals surface area contributed by atoms with E-state index in [0.29, 0.717) is 33.1 Å². The molecule has 1 aromatic heterocycles. The van der Waals surface area contributed by atoms with Gasteiger partial charge < -0.3 is 10.2 Å². The Morgan fingerprint density at radius 3 is 2.62 bits per heavy atom. The first kappa shape index (κ1) is 22.8. The number of rotatable bonds is 6. The smallest absolute Gasteiger partial charge is 0.228 e. The van der Waals surface area contributed by atoms with Gasteiger partial charge in [-0.25, -0.2) is 8.42 Å². The first-order valence-corrected chi connectivity index (χ1v) is 12.9. The summed E-state index contributed by atoms with van der Waals surface area (Å²) in [6.45, 7) is 2.86. The van der Waals surface area contributed by atoms with Crippen molar-refractivity contribution in [1.29, 1.82) is 0 Å². The van der Waals surface area contributed by atoms with Gasteiger partial charge in [0.2, 0.25) is 5.91 Å². The van der Waals surface area contributed by atoms with Gasteiger partial charge in [-0.1, -0.05) is 29.8 Å². The van der Waals surface area contributed by atoms with E-state index in [1.54, 1.807) is 30.5 Å². The van der Waals surface area contributed by atoms with Gasteiger partial charge in [0.05, 0.1) is 16.8 Å². The molecule has 0 unspecified atom stereocenters. The highest BCUT2D eigenvalue weighted by atomic mass is 35.5. The molecule has 0 radical (unpaired) electrons. The van der Waals surface area contributed by atoms with Gasteiger partial charge in [0.25, 0.3) is 0 Å². The summed E-state index contributed by atoms with van der Waals surface area (Å²) in [6.07, 6.45) is 5.26. The number of carbonyl (C=O) groups excluding carboxylic acids is 1. The molecule has 4 rings (SSSR count). The van der Waals surface area contributed by atoms with Crippen LogP contribution in [0, 0.1) is 5.92 Å². The van der Waals surface area contributed by atoms with Gasteiger partial charge in [-0.05, 0) is 62.7 Å². The number of nitrogens with zero attached hydrogens (tertiary/aromatic N) is 3. The maximum absolute atomic E-state index is 12.6. The number of aromatic nitrogens is 2. The minimum Gasteiger partial charge on any atom is -0.326 e. The van der Waals surface area contributed by atoms with Gasteiger partial charge in [0.1, 0.15) is 0 Å². The number of benzene rings is 2. The Morgan fingerprint density at radius 2 is 1.94 bits per heavy atom. The quantitative estimate of drug-likeness (QED) is 0.590. The van der Waals surface area contributed by atoms with E-state index in [2.05, 4.69) is 22.4 Å². The van der Waals surface area contributed by atoms with Gasteiger partial charge in [0, 0.05) is 35.1 Å². The predicted octanol–water partition coefficient (Wildman–Crippen LogP) is 3.62. The molecule has 1 N–H and O–H groups in total. The van der Waals surface area contributed by atoms with Crippen molar-refractivity contribution in [2.75, 3.05) is 31.7 Å². The Labute approximate surface area is 193 Å². The highest BCUT2D eigenvalue weighted by Crippen LogP contribution is 2.28. The van der Waals surface area contributed by atoms with E-state index in [1.165, 1.54) is 12.3 Å². The van der Waals surface area contributed by atoms with Crippen molar-refractivity contribution in [2.24, 2.45) is 5.92 Å². The Kier molecular flexibility index (Phi) is 6.55. The number of fused-ring (bicyclic) bond motifs is 1. The minimum atomic E-state index is -3.51. The maximum Gasteiger partial charge on any atom is 0.228 e. The van der Waals surface area contributed by atoms with Crippen LogP contribution < -0.4 is 5.32 Å². The summed E-state index contributed by atoms with van der Waals surface area (Å²) >= 11 is 6.15. The fourth-order valence-electron chi connectivity index (χ4n) is 4.14. The van der Waals surface area contributed by atoms with E-state index in [4.69, 9.17) is 11.6 Å². The van der Waals surface area contributed by atoms with Crippen LogP contribution in [0.5, 0.6) is 0 Å². The summed E-state index contributed by atoms with van der Waals surface area (Å²) in [5.74, 6) is 0.236. The van der Waals surface area contributed by atoms with Crippen LogP contribution in [0.15, 0.2) is 47.5 Å². The van der Waals surface area contributed by atoms with E-state index in [1.807, 2.05) is 10.7 Å². The second-order valence-electron chi connectivity index (χ2n) is 8.59. The van der Waals surface area contributed by atoms with Crippen LogP contribution in [0.2, 0.25) is 5.02 Å². The van der Waals surface area contributed by atoms with Crippen LogP contribution in [0.4, 0.5) is 5.69 Å². The Balaban J connectivity index is 1.59. The number of likely N-dealkylation sites (tertiary alicyclic amines) is 1. The fraction of sp³-hybridized carbons (Fsp3) is 0.391. The first-order chi connectivity index (χ1) is 15.2. The molecule has 0 aliphatic carbocycles. The third kappa shape index (κ3) is 5.31.